The van der Waals surface area contributed by atoms with Gasteiger partial charge < -0.3 is 14.8 Å². The van der Waals surface area contributed by atoms with Gasteiger partial charge in [-0.25, -0.2) is 0 Å². The summed E-state index contributed by atoms with van der Waals surface area (Å²) < 4.78 is 3.88. The molecule has 5 heteroatoms. The lowest BCUT2D eigenvalue weighted by Gasteiger charge is -2.30. The first kappa shape index (κ1) is 28.4. The highest BCUT2D eigenvalue weighted by molar-refractivity contribution is 7.19. The van der Waals surface area contributed by atoms with E-state index in [-0.39, 0.29) is 18.0 Å². The Balaban J connectivity index is 0.916. The van der Waals surface area contributed by atoms with E-state index >= 15 is 0 Å². The van der Waals surface area contributed by atoms with Crippen molar-refractivity contribution in [1.82, 2.24) is 9.88 Å². The summed E-state index contributed by atoms with van der Waals surface area (Å²) in [4.78, 5) is 9.24. The second-order valence-corrected chi connectivity index (χ2v) is 15.3. The van der Waals surface area contributed by atoms with E-state index in [9.17, 15) is 0 Å². The van der Waals surface area contributed by atoms with Gasteiger partial charge >= 0.3 is 0 Å². The SMILES string of the molecule is C1=CC2c3c(ccc4c5ccccc5n(-c5ccccc5)c34)N(C3=NCC(C4=CCC([C@@H]5CC=Cc6c5sc5ccccc65)C=C4)N3)C2C=C1. The number of thiophene rings is 1. The van der Waals surface area contributed by atoms with Crippen molar-refractivity contribution in [2.24, 2.45) is 10.9 Å². The van der Waals surface area contributed by atoms with E-state index in [4.69, 9.17) is 4.99 Å². The minimum absolute atomic E-state index is 0.169. The van der Waals surface area contributed by atoms with Crippen LogP contribution < -0.4 is 10.2 Å². The number of rotatable bonds is 3. The number of aromatic nitrogens is 1. The predicted octanol–water partition coefficient (Wildman–Crippen LogP) is 10.4. The number of hydrogen-bond acceptors (Lipinski definition) is 4. The zero-order chi connectivity index (χ0) is 32.8. The Bertz CT molecular complexity index is 2540. The van der Waals surface area contributed by atoms with E-state index < -0.39 is 0 Å². The molecule has 50 heavy (non-hydrogen) atoms. The van der Waals surface area contributed by atoms with Crippen molar-refractivity contribution in [3.05, 3.63) is 161 Å². The van der Waals surface area contributed by atoms with Gasteiger partial charge in [-0.3, -0.25) is 4.99 Å². The lowest BCUT2D eigenvalue weighted by Crippen LogP contribution is -2.46. The van der Waals surface area contributed by atoms with Crippen LogP contribution >= 0.6 is 11.3 Å². The number of benzene rings is 4. The average Bonchev–Trinajstić information content (AvgIpc) is 3.96. The van der Waals surface area contributed by atoms with Crippen LogP contribution in [0, 0.1) is 5.92 Å². The Morgan fingerprint density at radius 3 is 2.50 bits per heavy atom. The minimum atomic E-state index is 0.169. The van der Waals surface area contributed by atoms with Gasteiger partial charge in [0, 0.05) is 43.4 Å². The molecule has 0 saturated heterocycles. The normalized spacial score (nSPS) is 24.8. The highest BCUT2D eigenvalue weighted by Gasteiger charge is 2.43. The van der Waals surface area contributed by atoms with Crippen molar-refractivity contribution < 1.29 is 0 Å². The Morgan fingerprint density at radius 2 is 1.60 bits per heavy atom. The number of hydrogen-bond donors (Lipinski definition) is 1. The van der Waals surface area contributed by atoms with E-state index in [1.807, 2.05) is 11.3 Å². The molecule has 4 nitrogen and oxygen atoms in total. The number of anilines is 1. The van der Waals surface area contributed by atoms with Crippen LogP contribution in [-0.4, -0.2) is 29.2 Å². The van der Waals surface area contributed by atoms with Crippen LogP contribution in [0.5, 0.6) is 0 Å². The van der Waals surface area contributed by atoms with Gasteiger partial charge in [0.2, 0.25) is 0 Å². The van der Waals surface area contributed by atoms with Gasteiger partial charge in [0.05, 0.1) is 35.3 Å². The van der Waals surface area contributed by atoms with Gasteiger partial charge in [0.15, 0.2) is 5.96 Å². The molecule has 4 heterocycles. The molecule has 5 aliphatic rings. The first-order valence-corrected chi connectivity index (χ1v) is 18.8. The maximum Gasteiger partial charge on any atom is 0.199 e. The highest BCUT2D eigenvalue weighted by Crippen LogP contribution is 2.50. The van der Waals surface area contributed by atoms with Crippen molar-refractivity contribution in [2.45, 2.75) is 36.8 Å². The number of guanidine groups is 1. The number of para-hydroxylation sites is 2. The Morgan fingerprint density at radius 1 is 0.760 bits per heavy atom. The molecule has 1 N–H and O–H groups in total. The molecule has 2 aromatic heterocycles. The van der Waals surface area contributed by atoms with Crippen LogP contribution in [0.25, 0.3) is 43.7 Å². The fraction of sp³-hybridized carbons (Fsp3) is 0.178. The number of aliphatic imine (C=N–C) groups is 1. The molecule has 2 aliphatic heterocycles. The summed E-state index contributed by atoms with van der Waals surface area (Å²) in [6.45, 7) is 0.748. The van der Waals surface area contributed by atoms with Gasteiger partial charge in [0.1, 0.15) is 0 Å². The third-order valence-corrected chi connectivity index (χ3v) is 12.9. The standard InChI is InChI=1S/C45H36N4S/c1-2-11-30(12-3-1)48-38-18-7-4-13-32(38)34-25-26-40-42(43(34)48)36-15-5-8-19-39(36)49(40)45-46-27-37(47-45)29-23-21-28(22-24-29)31-16-10-17-35-33-14-6-9-20-41(33)50-44(31)35/h1-15,17-21,23-26,28,31,36-37,39H,16,22,27H2,(H,46,47)/t28?,31-,36?,37?,39?/m0/s1. The molecule has 0 radical (unpaired) electrons. The van der Waals surface area contributed by atoms with Gasteiger partial charge in [-0.05, 0) is 65.6 Å². The average molecular weight is 665 g/mol. The van der Waals surface area contributed by atoms with E-state index in [1.54, 1.807) is 4.88 Å². The first-order valence-electron chi connectivity index (χ1n) is 17.9. The molecule has 5 atom stereocenters. The lowest BCUT2D eigenvalue weighted by atomic mass is 9.78. The molecule has 4 aromatic carbocycles. The van der Waals surface area contributed by atoms with Gasteiger partial charge in [-0.15, -0.1) is 11.3 Å². The smallest absolute Gasteiger partial charge is 0.199 e. The zero-order valence-electron chi connectivity index (χ0n) is 27.6. The van der Waals surface area contributed by atoms with E-state index in [2.05, 4.69) is 160 Å². The summed E-state index contributed by atoms with van der Waals surface area (Å²) in [6.07, 6.45) is 23.4. The van der Waals surface area contributed by atoms with Crippen molar-refractivity contribution in [2.75, 3.05) is 11.4 Å². The van der Waals surface area contributed by atoms with E-state index in [1.165, 1.54) is 60.0 Å². The molecule has 0 spiro atoms. The molecule has 3 aliphatic carbocycles. The molecule has 6 aromatic rings. The highest BCUT2D eigenvalue weighted by atomic mass is 32.1. The molecule has 0 fully saturated rings. The molecule has 4 unspecified atom stereocenters. The van der Waals surface area contributed by atoms with Crippen molar-refractivity contribution >= 4 is 61.0 Å². The molecule has 0 saturated carbocycles. The monoisotopic (exact) mass is 664 g/mol. The molecule has 11 rings (SSSR count). The molecule has 0 amide bonds. The molecular formula is C45H36N4S. The Hall–Kier alpha value is -5.39. The zero-order valence-corrected chi connectivity index (χ0v) is 28.4. The van der Waals surface area contributed by atoms with Crippen LogP contribution in [0.3, 0.4) is 0 Å². The number of fused-ring (bicyclic) bond motifs is 10. The Kier molecular flexibility index (Phi) is 6.29. The predicted molar refractivity (Wildman–Crippen MR) is 211 cm³/mol. The van der Waals surface area contributed by atoms with Crippen LogP contribution in [0.1, 0.15) is 40.7 Å². The fourth-order valence-electron chi connectivity index (χ4n) is 9.29. The summed E-state index contributed by atoms with van der Waals surface area (Å²) in [7, 11) is 0. The summed E-state index contributed by atoms with van der Waals surface area (Å²) >= 11 is 1.99. The molecule has 0 bridgehead atoms. The topological polar surface area (TPSA) is 32.6 Å². The van der Waals surface area contributed by atoms with Crippen LogP contribution in [-0.2, 0) is 0 Å². The lowest BCUT2D eigenvalue weighted by molar-refractivity contribution is 0.511. The van der Waals surface area contributed by atoms with Crippen LogP contribution in [0.2, 0.25) is 0 Å². The quantitative estimate of drug-likeness (QED) is 0.204. The molecule has 242 valence electrons. The van der Waals surface area contributed by atoms with E-state index in [0.717, 1.165) is 25.3 Å². The number of nitrogens with one attached hydrogen (secondary N) is 1. The van der Waals surface area contributed by atoms with Crippen molar-refractivity contribution in [1.29, 1.82) is 0 Å². The largest absolute Gasteiger partial charge is 0.347 e. The first-order chi connectivity index (χ1) is 24.8. The van der Waals surface area contributed by atoms with Crippen molar-refractivity contribution in [3.8, 4) is 5.69 Å². The third-order valence-electron chi connectivity index (χ3n) is 11.6. The van der Waals surface area contributed by atoms with Gasteiger partial charge in [-0.1, -0.05) is 115 Å². The third kappa shape index (κ3) is 4.13. The summed E-state index contributed by atoms with van der Waals surface area (Å²) in [5.74, 6) is 2.26. The van der Waals surface area contributed by atoms with Crippen LogP contribution in [0.15, 0.2) is 150 Å². The second kappa shape index (κ2) is 11.1. The van der Waals surface area contributed by atoms with E-state index in [0.29, 0.717) is 11.8 Å². The number of allylic oxidation sites excluding steroid dienone is 5. The maximum atomic E-state index is 5.22. The maximum absolute atomic E-state index is 5.22. The molecular weight excluding hydrogens is 629 g/mol. The summed E-state index contributed by atoms with van der Waals surface area (Å²) in [5.41, 5.74) is 9.15. The summed E-state index contributed by atoms with van der Waals surface area (Å²) in [6, 6.07) is 33.5. The second-order valence-electron chi connectivity index (χ2n) is 14.2. The van der Waals surface area contributed by atoms with Crippen LogP contribution in [0.4, 0.5) is 5.69 Å². The number of nitrogens with zero attached hydrogens (tertiary/aromatic N) is 3. The minimum Gasteiger partial charge on any atom is -0.347 e. The Labute approximate surface area is 295 Å². The van der Waals surface area contributed by atoms with Gasteiger partial charge in [-0.2, -0.15) is 0 Å². The van der Waals surface area contributed by atoms with Gasteiger partial charge in [0.25, 0.3) is 0 Å². The summed E-state index contributed by atoms with van der Waals surface area (Å²) in [5, 5.41) is 7.90. The van der Waals surface area contributed by atoms with Crippen molar-refractivity contribution in [3.63, 3.8) is 0 Å². The fourth-order valence-corrected chi connectivity index (χ4v) is 10.7.